The lowest BCUT2D eigenvalue weighted by Crippen LogP contribution is -2.53. The highest BCUT2D eigenvalue weighted by atomic mass is 16.5. The fraction of sp³-hybridized carbons (Fsp3) is 0.857. The zero-order chi connectivity index (χ0) is 12.1. The van der Waals surface area contributed by atoms with Crippen LogP contribution in [0.3, 0.4) is 0 Å². The first-order valence-electron chi connectivity index (χ1n) is 6.94. The van der Waals surface area contributed by atoms with Crippen LogP contribution in [0.4, 0.5) is 0 Å². The molecule has 0 radical (unpaired) electrons. The lowest BCUT2D eigenvalue weighted by atomic mass is 9.82. The predicted molar refractivity (Wildman–Crippen MR) is 68.9 cm³/mol. The normalized spacial score (nSPS) is 31.5. The Bertz CT molecular complexity index is 269. The molecule has 0 amide bonds. The van der Waals surface area contributed by atoms with E-state index >= 15 is 0 Å². The van der Waals surface area contributed by atoms with Gasteiger partial charge < -0.3 is 14.8 Å². The van der Waals surface area contributed by atoms with Gasteiger partial charge in [-0.3, -0.25) is 0 Å². The molecule has 2 atom stereocenters. The smallest absolute Gasteiger partial charge is 0.0876 e. The molecule has 2 rings (SSSR count). The van der Waals surface area contributed by atoms with Crippen LogP contribution in [0.25, 0.3) is 0 Å². The minimum Gasteiger partial charge on any atom is -0.501 e. The second-order valence-electron chi connectivity index (χ2n) is 5.28. The van der Waals surface area contributed by atoms with E-state index in [2.05, 4.69) is 19.2 Å². The van der Waals surface area contributed by atoms with E-state index in [0.29, 0.717) is 6.04 Å². The molecule has 3 heteroatoms. The average Bonchev–Trinajstić information content (AvgIpc) is 2.38. The first-order valence-corrected chi connectivity index (χ1v) is 6.94. The highest BCUT2D eigenvalue weighted by Gasteiger charge is 2.38. The van der Waals surface area contributed by atoms with E-state index in [1.54, 1.807) is 0 Å². The van der Waals surface area contributed by atoms with Crippen molar-refractivity contribution >= 4 is 0 Å². The Labute approximate surface area is 105 Å². The number of likely N-dealkylation sites (N-methyl/N-ethyl adjacent to an activating group) is 1. The lowest BCUT2D eigenvalue weighted by molar-refractivity contribution is -0.0823. The van der Waals surface area contributed by atoms with Crippen molar-refractivity contribution in [1.29, 1.82) is 0 Å². The molecule has 0 aliphatic carbocycles. The molecule has 1 saturated heterocycles. The number of rotatable bonds is 4. The molecular weight excluding hydrogens is 214 g/mol. The summed E-state index contributed by atoms with van der Waals surface area (Å²) in [7, 11) is 0. The van der Waals surface area contributed by atoms with Crippen molar-refractivity contribution in [2.45, 2.75) is 57.6 Å². The van der Waals surface area contributed by atoms with E-state index in [4.69, 9.17) is 9.47 Å². The van der Waals surface area contributed by atoms with Crippen LogP contribution in [-0.4, -0.2) is 31.4 Å². The zero-order valence-corrected chi connectivity index (χ0v) is 11.1. The van der Waals surface area contributed by atoms with E-state index in [9.17, 15) is 0 Å². The molecule has 98 valence electrons. The molecule has 1 fully saturated rings. The highest BCUT2D eigenvalue weighted by Crippen LogP contribution is 2.33. The van der Waals surface area contributed by atoms with Crippen LogP contribution in [-0.2, 0) is 9.47 Å². The van der Waals surface area contributed by atoms with Gasteiger partial charge in [-0.25, -0.2) is 0 Å². The third-order valence-corrected chi connectivity index (χ3v) is 3.85. The van der Waals surface area contributed by atoms with Gasteiger partial charge in [-0.1, -0.05) is 6.92 Å². The maximum atomic E-state index is 6.07. The quantitative estimate of drug-likeness (QED) is 0.818. The topological polar surface area (TPSA) is 30.5 Å². The average molecular weight is 239 g/mol. The monoisotopic (exact) mass is 239 g/mol. The van der Waals surface area contributed by atoms with E-state index in [1.165, 1.54) is 18.4 Å². The predicted octanol–water partition coefficient (Wildman–Crippen LogP) is 2.62. The molecule has 0 spiro atoms. The van der Waals surface area contributed by atoms with Crippen LogP contribution >= 0.6 is 0 Å². The molecule has 2 unspecified atom stereocenters. The van der Waals surface area contributed by atoms with Gasteiger partial charge in [0.1, 0.15) is 0 Å². The van der Waals surface area contributed by atoms with Gasteiger partial charge in [0, 0.05) is 6.61 Å². The SMILES string of the molecule is CCNC(C1=COCCC1)C1(C)CCCCO1. The third-order valence-electron chi connectivity index (χ3n) is 3.85. The summed E-state index contributed by atoms with van der Waals surface area (Å²) >= 11 is 0. The maximum Gasteiger partial charge on any atom is 0.0876 e. The molecule has 2 heterocycles. The summed E-state index contributed by atoms with van der Waals surface area (Å²) in [6.45, 7) is 7.13. The second kappa shape index (κ2) is 5.87. The van der Waals surface area contributed by atoms with Gasteiger partial charge in [-0.2, -0.15) is 0 Å². The summed E-state index contributed by atoms with van der Waals surface area (Å²) in [5.74, 6) is 0. The van der Waals surface area contributed by atoms with E-state index in [1.807, 2.05) is 6.26 Å². The molecule has 0 aromatic heterocycles. The van der Waals surface area contributed by atoms with Crippen LogP contribution in [0.1, 0.15) is 46.0 Å². The number of hydrogen-bond acceptors (Lipinski definition) is 3. The van der Waals surface area contributed by atoms with Crippen molar-refractivity contribution in [3.05, 3.63) is 11.8 Å². The fourth-order valence-corrected chi connectivity index (χ4v) is 2.92. The summed E-state index contributed by atoms with van der Waals surface area (Å²) < 4.78 is 11.6. The van der Waals surface area contributed by atoms with Crippen molar-refractivity contribution in [2.75, 3.05) is 19.8 Å². The summed E-state index contributed by atoms with van der Waals surface area (Å²) in [5.41, 5.74) is 1.32. The van der Waals surface area contributed by atoms with Gasteiger partial charge in [0.05, 0.1) is 24.5 Å². The minimum atomic E-state index is -0.0548. The number of hydrogen-bond donors (Lipinski definition) is 1. The summed E-state index contributed by atoms with van der Waals surface area (Å²) in [6.07, 6.45) is 7.83. The fourth-order valence-electron chi connectivity index (χ4n) is 2.92. The van der Waals surface area contributed by atoms with Crippen molar-refractivity contribution in [3.8, 4) is 0 Å². The van der Waals surface area contributed by atoms with E-state index in [-0.39, 0.29) is 5.60 Å². The Kier molecular flexibility index (Phi) is 4.46. The lowest BCUT2D eigenvalue weighted by Gasteiger charge is -2.42. The van der Waals surface area contributed by atoms with Crippen LogP contribution in [0.5, 0.6) is 0 Å². The van der Waals surface area contributed by atoms with Crippen molar-refractivity contribution in [3.63, 3.8) is 0 Å². The Morgan fingerprint density at radius 2 is 2.24 bits per heavy atom. The summed E-state index contributed by atoms with van der Waals surface area (Å²) in [4.78, 5) is 0. The Hall–Kier alpha value is -0.540. The molecule has 3 nitrogen and oxygen atoms in total. The first kappa shape index (κ1) is 12.9. The summed E-state index contributed by atoms with van der Waals surface area (Å²) in [6, 6.07) is 0.313. The molecule has 0 bridgehead atoms. The molecule has 2 aliphatic heterocycles. The van der Waals surface area contributed by atoms with E-state index in [0.717, 1.165) is 39.0 Å². The molecule has 17 heavy (non-hydrogen) atoms. The highest BCUT2D eigenvalue weighted by molar-refractivity contribution is 5.17. The number of nitrogens with one attached hydrogen (secondary N) is 1. The summed E-state index contributed by atoms with van der Waals surface area (Å²) in [5, 5.41) is 3.59. The zero-order valence-electron chi connectivity index (χ0n) is 11.1. The molecule has 1 N–H and O–H groups in total. The molecule has 0 aromatic rings. The van der Waals surface area contributed by atoms with Crippen LogP contribution in [0.2, 0.25) is 0 Å². The maximum absolute atomic E-state index is 6.07. The molecule has 2 aliphatic rings. The van der Waals surface area contributed by atoms with Gasteiger partial charge in [0.2, 0.25) is 0 Å². The van der Waals surface area contributed by atoms with Crippen molar-refractivity contribution < 1.29 is 9.47 Å². The second-order valence-corrected chi connectivity index (χ2v) is 5.28. The first-order chi connectivity index (χ1) is 8.26. The van der Waals surface area contributed by atoms with Crippen LogP contribution in [0.15, 0.2) is 11.8 Å². The van der Waals surface area contributed by atoms with Gasteiger partial charge in [0.25, 0.3) is 0 Å². The third kappa shape index (κ3) is 3.02. The van der Waals surface area contributed by atoms with Gasteiger partial charge >= 0.3 is 0 Å². The number of ether oxygens (including phenoxy) is 2. The van der Waals surface area contributed by atoms with Crippen LogP contribution < -0.4 is 5.32 Å². The van der Waals surface area contributed by atoms with Crippen LogP contribution in [0, 0.1) is 0 Å². The Balaban J connectivity index is 2.11. The molecule has 0 saturated carbocycles. The minimum absolute atomic E-state index is 0.0548. The van der Waals surface area contributed by atoms with Gasteiger partial charge in [-0.15, -0.1) is 0 Å². The van der Waals surface area contributed by atoms with Gasteiger partial charge in [0.15, 0.2) is 0 Å². The van der Waals surface area contributed by atoms with Crippen molar-refractivity contribution in [1.82, 2.24) is 5.32 Å². The Morgan fingerprint density at radius 1 is 1.35 bits per heavy atom. The van der Waals surface area contributed by atoms with E-state index < -0.39 is 0 Å². The van der Waals surface area contributed by atoms with Gasteiger partial charge in [-0.05, 0) is 51.1 Å². The molecular formula is C14H25NO2. The standard InChI is InChI=1S/C14H25NO2/c1-3-15-13(12-7-6-9-16-11-12)14(2)8-4-5-10-17-14/h11,13,15H,3-10H2,1-2H3. The Morgan fingerprint density at radius 3 is 2.82 bits per heavy atom. The van der Waals surface area contributed by atoms with Crippen molar-refractivity contribution in [2.24, 2.45) is 0 Å². The molecule has 0 aromatic carbocycles. The largest absolute Gasteiger partial charge is 0.501 e.